The van der Waals surface area contributed by atoms with Crippen LogP contribution in [-0.2, 0) is 25.5 Å². The van der Waals surface area contributed by atoms with E-state index >= 15 is 0 Å². The average Bonchev–Trinajstić information content (AvgIpc) is 3.78. The lowest BCUT2D eigenvalue weighted by atomic mass is 9.67. The van der Waals surface area contributed by atoms with Gasteiger partial charge in [0.15, 0.2) is 23.2 Å². The zero-order valence-electron chi connectivity index (χ0n) is 32.0. The molecular formula is C42H47N3O13. The number of carbonyl (C=O) groups is 2. The van der Waals surface area contributed by atoms with Crippen molar-refractivity contribution in [3.05, 3.63) is 65.4 Å². The highest BCUT2D eigenvalue weighted by Gasteiger charge is 2.61. The number of nitrogens with two attached hydrogens (primary N) is 2. The normalized spacial score (nSPS) is 28.3. The van der Waals surface area contributed by atoms with Gasteiger partial charge < -0.3 is 70.0 Å². The van der Waals surface area contributed by atoms with Crippen LogP contribution in [0.25, 0.3) is 22.0 Å². The number of hydrogen-bond acceptors (Lipinski definition) is 14. The summed E-state index contributed by atoms with van der Waals surface area (Å²) in [6.07, 6.45) is -5.28. The van der Waals surface area contributed by atoms with Crippen LogP contribution in [0.2, 0.25) is 0 Å². The quantitative estimate of drug-likeness (QED) is 0.0768. The number of para-hydroxylation sites is 1. The van der Waals surface area contributed by atoms with E-state index in [-0.39, 0.29) is 24.5 Å². The molecule has 1 spiro atoms. The van der Waals surface area contributed by atoms with Gasteiger partial charge in [-0.25, -0.2) is 0 Å². The van der Waals surface area contributed by atoms with E-state index in [2.05, 4.69) is 4.98 Å². The Labute approximate surface area is 332 Å². The number of benzene rings is 3. The Morgan fingerprint density at radius 3 is 2.50 bits per heavy atom. The Bertz CT molecular complexity index is 2270. The van der Waals surface area contributed by atoms with Crippen LogP contribution in [0.15, 0.2) is 48.7 Å². The number of H-pyrrole nitrogens is 1. The first-order valence-electron chi connectivity index (χ1n) is 19.6. The van der Waals surface area contributed by atoms with E-state index in [1.165, 1.54) is 0 Å². The first-order valence-corrected chi connectivity index (χ1v) is 19.6. The molecule has 1 aromatic heterocycles. The summed E-state index contributed by atoms with van der Waals surface area (Å²) in [6, 6.07) is 13.6. The molecule has 4 aromatic rings. The van der Waals surface area contributed by atoms with E-state index in [4.69, 9.17) is 49.7 Å². The summed E-state index contributed by atoms with van der Waals surface area (Å²) in [7, 11) is 3.17. The highest BCUT2D eigenvalue weighted by atomic mass is 16.7. The van der Waals surface area contributed by atoms with Crippen LogP contribution in [0.3, 0.4) is 0 Å². The second-order valence-corrected chi connectivity index (χ2v) is 15.9. The molecule has 0 radical (unpaired) electrons. The molecule has 16 nitrogen and oxygen atoms in total. The average molecular weight is 802 g/mol. The number of ether oxygens (including phenoxy) is 7. The van der Waals surface area contributed by atoms with Gasteiger partial charge in [0, 0.05) is 51.0 Å². The molecular weight excluding hydrogens is 754 g/mol. The number of esters is 1. The first kappa shape index (κ1) is 38.4. The minimum atomic E-state index is -2.20. The summed E-state index contributed by atoms with van der Waals surface area (Å²) >= 11 is 0. The minimum absolute atomic E-state index is 0.141. The van der Waals surface area contributed by atoms with Crippen molar-refractivity contribution in [1.82, 2.24) is 4.98 Å². The number of carboxylic acids is 1. The van der Waals surface area contributed by atoms with Gasteiger partial charge in [-0.1, -0.05) is 30.7 Å². The summed E-state index contributed by atoms with van der Waals surface area (Å²) in [5, 5.41) is 45.4. The Morgan fingerprint density at radius 1 is 1.00 bits per heavy atom. The summed E-state index contributed by atoms with van der Waals surface area (Å²) < 4.78 is 44.1. The van der Waals surface area contributed by atoms with Gasteiger partial charge in [0.1, 0.15) is 47.9 Å². The lowest BCUT2D eigenvalue weighted by molar-refractivity contribution is -0.329. The SMILES string of the molecule is COc1ccc2c(c1OC)O[C@H]1c3c(cc4c(c3-c3c[nH]c5ccccc35)CC[C@]3(O)[C@H](O4)O[C@H]([C@H](OC(=O)CC(=O)O)C(N)N)[C@@H](O)[C@@H]3O)OC3(CCCCC3)[C@@H]21. The molecule has 0 unspecified atom stereocenters. The van der Waals surface area contributed by atoms with Crippen LogP contribution in [-0.4, -0.2) is 99.6 Å². The zero-order valence-corrected chi connectivity index (χ0v) is 32.0. The Kier molecular flexibility index (Phi) is 9.49. The fraction of sp³-hybridized carbons (Fsp3) is 0.476. The highest BCUT2D eigenvalue weighted by Crippen LogP contribution is 2.66. The highest BCUT2D eigenvalue weighted by molar-refractivity contribution is 5.98. The van der Waals surface area contributed by atoms with Gasteiger partial charge in [-0.2, -0.15) is 0 Å². The number of aliphatic hydroxyl groups excluding tert-OH is 2. The molecule has 9 rings (SSSR count). The number of aromatic amines is 1. The van der Waals surface area contributed by atoms with Crippen molar-refractivity contribution < 1.29 is 63.2 Å². The molecule has 5 aliphatic rings. The molecule has 1 saturated heterocycles. The first-order chi connectivity index (χ1) is 27.9. The van der Waals surface area contributed by atoms with Gasteiger partial charge >= 0.3 is 11.9 Å². The lowest BCUT2D eigenvalue weighted by Crippen LogP contribution is -2.71. The van der Waals surface area contributed by atoms with E-state index < -0.39 is 72.5 Å². The van der Waals surface area contributed by atoms with E-state index in [9.17, 15) is 24.9 Å². The van der Waals surface area contributed by atoms with Crippen molar-refractivity contribution >= 4 is 22.8 Å². The Balaban J connectivity index is 1.22. The Hall–Kier alpha value is -5.10. The van der Waals surface area contributed by atoms with Gasteiger partial charge in [-0.05, 0) is 50.7 Å². The van der Waals surface area contributed by atoms with E-state index in [0.29, 0.717) is 28.6 Å². The third kappa shape index (κ3) is 5.87. The number of nitrogens with one attached hydrogen (secondary N) is 1. The Morgan fingerprint density at radius 2 is 1.78 bits per heavy atom. The van der Waals surface area contributed by atoms with Crippen LogP contribution in [0.5, 0.6) is 28.7 Å². The molecule has 9 N–H and O–H groups in total. The fourth-order valence-electron chi connectivity index (χ4n) is 10.0. The van der Waals surface area contributed by atoms with Gasteiger partial charge in [-0.15, -0.1) is 0 Å². The van der Waals surface area contributed by atoms with Gasteiger partial charge in [0.2, 0.25) is 12.0 Å². The number of aliphatic carboxylic acids is 1. The predicted molar refractivity (Wildman–Crippen MR) is 205 cm³/mol. The number of methoxy groups -OCH3 is 2. The number of hydrogen-bond donors (Lipinski definition) is 7. The monoisotopic (exact) mass is 801 g/mol. The molecule has 2 fully saturated rings. The van der Waals surface area contributed by atoms with E-state index in [1.807, 2.05) is 42.6 Å². The number of aliphatic hydroxyl groups is 3. The minimum Gasteiger partial charge on any atom is -0.493 e. The molecule has 5 heterocycles. The van der Waals surface area contributed by atoms with Gasteiger partial charge in [0.05, 0.1) is 26.3 Å². The smallest absolute Gasteiger partial charge is 0.317 e. The molecule has 0 bridgehead atoms. The van der Waals surface area contributed by atoms with Crippen LogP contribution >= 0.6 is 0 Å². The maximum Gasteiger partial charge on any atom is 0.317 e. The number of rotatable bonds is 8. The maximum absolute atomic E-state index is 12.5. The topological polar surface area (TPSA) is 248 Å². The number of aromatic nitrogens is 1. The van der Waals surface area contributed by atoms with Crippen LogP contribution in [0.1, 0.15) is 73.7 Å². The summed E-state index contributed by atoms with van der Waals surface area (Å²) in [4.78, 5) is 27.1. The summed E-state index contributed by atoms with van der Waals surface area (Å²) in [5.74, 6) is -0.451. The number of carboxylic acid groups (broad SMARTS) is 1. The molecule has 0 amide bonds. The van der Waals surface area contributed by atoms with Crippen molar-refractivity contribution in [2.75, 3.05) is 14.2 Å². The third-order valence-corrected chi connectivity index (χ3v) is 12.7. The predicted octanol–water partition coefficient (Wildman–Crippen LogP) is 3.30. The van der Waals surface area contributed by atoms with Gasteiger partial charge in [0.25, 0.3) is 0 Å². The van der Waals surface area contributed by atoms with Crippen LogP contribution < -0.4 is 35.2 Å². The van der Waals surface area contributed by atoms with Crippen molar-refractivity contribution in [2.45, 2.75) is 111 Å². The van der Waals surface area contributed by atoms with Crippen molar-refractivity contribution in [3.63, 3.8) is 0 Å². The van der Waals surface area contributed by atoms with Gasteiger partial charge in [-0.3, -0.25) is 9.59 Å². The second kappa shape index (κ2) is 14.3. The van der Waals surface area contributed by atoms with E-state index in [1.54, 1.807) is 20.3 Å². The van der Waals surface area contributed by atoms with Crippen molar-refractivity contribution in [1.29, 1.82) is 0 Å². The molecule has 1 aliphatic carbocycles. The number of fused-ring (bicyclic) bond motifs is 9. The van der Waals surface area contributed by atoms with Crippen LogP contribution in [0.4, 0.5) is 0 Å². The molecule has 4 aliphatic heterocycles. The molecule has 3 aromatic carbocycles. The standard InChI is InChI=1S/C42H47N3O13/c1-52-24-11-10-21-31-35(56-33(21)34(24)53-2)30-26(58-41(31)13-6-3-7-14-41)16-25-20(29(30)22-18-45-23-9-5-4-8-19(22)23)12-15-42(51)38(50)32(49)36(57-40(42)54-25)37(39(43)44)55-28(48)17-27(46)47/h4-5,8-11,16,18,31-32,35-40,45,49-51H,3,6-7,12-15,17,43-44H2,1-2H3,(H,46,47)/t31-,32+,35-,36-,37-,38-,40+,42+/m0/s1. The summed E-state index contributed by atoms with van der Waals surface area (Å²) in [6.45, 7) is 0. The second-order valence-electron chi connectivity index (χ2n) is 15.9. The molecule has 58 heavy (non-hydrogen) atoms. The maximum atomic E-state index is 12.5. The molecule has 1 saturated carbocycles. The van der Waals surface area contributed by atoms with Crippen LogP contribution in [0, 0.1) is 0 Å². The van der Waals surface area contributed by atoms with Crippen molar-refractivity contribution in [2.24, 2.45) is 11.5 Å². The largest absolute Gasteiger partial charge is 0.493 e. The van der Waals surface area contributed by atoms with Crippen molar-refractivity contribution in [3.8, 4) is 39.9 Å². The van der Waals surface area contributed by atoms with E-state index in [0.717, 1.165) is 65.3 Å². The third-order valence-electron chi connectivity index (χ3n) is 12.7. The fourth-order valence-corrected chi connectivity index (χ4v) is 10.0. The molecule has 308 valence electrons. The number of carbonyl (C=O) groups excluding carboxylic acids is 1. The summed E-state index contributed by atoms with van der Waals surface area (Å²) in [5.41, 5.74) is 13.9. The lowest BCUT2D eigenvalue weighted by Gasteiger charge is -2.49. The molecule has 8 atom stereocenters. The molecule has 16 heteroatoms. The zero-order chi connectivity index (χ0) is 40.7.